The molecule has 0 bridgehead atoms. The molecule has 2 aromatic carbocycles. The first-order chi connectivity index (χ1) is 14.3. The van der Waals surface area contributed by atoms with Gasteiger partial charge in [0.05, 0.1) is 11.6 Å². The molecular weight excluding hydrogens is 408 g/mol. The van der Waals surface area contributed by atoms with Crippen molar-refractivity contribution in [2.75, 3.05) is 16.3 Å². The fraction of sp³-hybridized carbons (Fsp3) is 0.273. The Morgan fingerprint density at radius 2 is 1.67 bits per heavy atom. The Morgan fingerprint density at radius 3 is 2.33 bits per heavy atom. The van der Waals surface area contributed by atoms with Gasteiger partial charge in [0.1, 0.15) is 5.75 Å². The van der Waals surface area contributed by atoms with Crippen molar-refractivity contribution in [2.45, 2.75) is 26.2 Å². The third kappa shape index (κ3) is 3.68. The van der Waals surface area contributed by atoms with E-state index in [4.69, 9.17) is 16.3 Å². The number of benzene rings is 2. The van der Waals surface area contributed by atoms with E-state index in [1.165, 1.54) is 12.1 Å². The van der Waals surface area contributed by atoms with Crippen LogP contribution in [-0.4, -0.2) is 30.2 Å². The molecule has 0 saturated carbocycles. The molecule has 0 unspecified atom stereocenters. The number of hydrogen-bond acceptors (Lipinski definition) is 5. The number of carbonyl (C=O) groups excluding carboxylic acids is 4. The van der Waals surface area contributed by atoms with Crippen LogP contribution in [-0.2, 0) is 19.2 Å². The van der Waals surface area contributed by atoms with Gasteiger partial charge in [0.15, 0.2) is 0 Å². The van der Waals surface area contributed by atoms with Crippen LogP contribution in [0.25, 0.3) is 0 Å². The van der Waals surface area contributed by atoms with E-state index in [0.29, 0.717) is 16.4 Å². The summed E-state index contributed by atoms with van der Waals surface area (Å²) in [5.74, 6) is -1.48. The van der Waals surface area contributed by atoms with Crippen molar-refractivity contribution in [1.29, 1.82) is 0 Å². The number of amides is 3. The molecular formula is C22H19ClN2O5. The van der Waals surface area contributed by atoms with Crippen molar-refractivity contribution in [3.05, 3.63) is 53.1 Å². The summed E-state index contributed by atoms with van der Waals surface area (Å²) in [6.07, 6.45) is 0.460. The van der Waals surface area contributed by atoms with Crippen LogP contribution >= 0.6 is 11.6 Å². The third-order valence-corrected chi connectivity index (χ3v) is 5.76. The number of ether oxygens (including phenoxy) is 1. The minimum absolute atomic E-state index is 0.0552. The van der Waals surface area contributed by atoms with Crippen LogP contribution in [0.4, 0.5) is 11.4 Å². The molecule has 3 amide bonds. The van der Waals surface area contributed by atoms with Crippen molar-refractivity contribution in [2.24, 2.45) is 5.92 Å². The largest absolute Gasteiger partial charge is 0.426 e. The normalized spacial score (nSPS) is 19.0. The number of carbonyl (C=O) groups is 4. The van der Waals surface area contributed by atoms with Gasteiger partial charge in [-0.05, 0) is 48.9 Å². The molecule has 2 fully saturated rings. The number of anilines is 2. The Labute approximate surface area is 178 Å². The molecule has 2 aliphatic rings. The zero-order chi connectivity index (χ0) is 21.4. The summed E-state index contributed by atoms with van der Waals surface area (Å²) in [4.78, 5) is 51.4. The molecule has 0 N–H and O–H groups in total. The predicted octanol–water partition coefficient (Wildman–Crippen LogP) is 3.26. The molecule has 0 radical (unpaired) electrons. The predicted molar refractivity (Wildman–Crippen MR) is 110 cm³/mol. The maximum absolute atomic E-state index is 12.6. The topological polar surface area (TPSA) is 84.0 Å². The molecule has 2 aromatic rings. The monoisotopic (exact) mass is 426 g/mol. The van der Waals surface area contributed by atoms with Crippen LogP contribution in [0.1, 0.15) is 24.8 Å². The molecule has 0 aliphatic carbocycles. The van der Waals surface area contributed by atoms with Crippen LogP contribution in [0.2, 0.25) is 5.02 Å². The van der Waals surface area contributed by atoms with E-state index >= 15 is 0 Å². The second kappa shape index (κ2) is 7.91. The van der Waals surface area contributed by atoms with E-state index in [-0.39, 0.29) is 49.3 Å². The van der Waals surface area contributed by atoms with Crippen molar-refractivity contribution < 1.29 is 23.9 Å². The molecule has 1 atom stereocenters. The highest BCUT2D eigenvalue weighted by Gasteiger charge is 2.37. The van der Waals surface area contributed by atoms with Crippen molar-refractivity contribution in [3.63, 3.8) is 0 Å². The van der Waals surface area contributed by atoms with E-state index in [1.807, 2.05) is 6.92 Å². The molecule has 2 heterocycles. The molecule has 0 spiro atoms. The lowest BCUT2D eigenvalue weighted by Crippen LogP contribution is -2.28. The lowest BCUT2D eigenvalue weighted by molar-refractivity contribution is -0.139. The third-order valence-electron chi connectivity index (χ3n) is 5.35. The molecule has 7 nitrogen and oxygen atoms in total. The van der Waals surface area contributed by atoms with E-state index in [2.05, 4.69) is 0 Å². The average Bonchev–Trinajstić information content (AvgIpc) is 3.27. The van der Waals surface area contributed by atoms with Gasteiger partial charge in [0.25, 0.3) is 0 Å². The van der Waals surface area contributed by atoms with Crippen LogP contribution < -0.4 is 14.5 Å². The van der Waals surface area contributed by atoms with Crippen LogP contribution in [0.15, 0.2) is 42.5 Å². The lowest BCUT2D eigenvalue weighted by Gasteiger charge is -2.19. The van der Waals surface area contributed by atoms with Crippen molar-refractivity contribution >= 4 is 46.7 Å². The fourth-order valence-electron chi connectivity index (χ4n) is 3.71. The Kier molecular flexibility index (Phi) is 5.30. The number of esters is 1. The minimum Gasteiger partial charge on any atom is -0.426 e. The summed E-state index contributed by atoms with van der Waals surface area (Å²) in [7, 11) is 0. The molecule has 8 heteroatoms. The summed E-state index contributed by atoms with van der Waals surface area (Å²) in [5, 5.41) is 0.557. The van der Waals surface area contributed by atoms with Gasteiger partial charge in [0, 0.05) is 36.5 Å². The van der Waals surface area contributed by atoms with Gasteiger partial charge in [-0.15, -0.1) is 0 Å². The van der Waals surface area contributed by atoms with Gasteiger partial charge < -0.3 is 9.64 Å². The highest BCUT2D eigenvalue weighted by atomic mass is 35.5. The highest BCUT2D eigenvalue weighted by Crippen LogP contribution is 2.32. The number of halogens is 1. The smallest absolute Gasteiger partial charge is 0.316 e. The van der Waals surface area contributed by atoms with Gasteiger partial charge in [-0.2, -0.15) is 0 Å². The SMILES string of the molecule is Cc1c(Cl)cccc1N1C[C@@H](C(=O)Oc2ccc(N3C(=O)CCC3=O)cc2)CC1=O. The van der Waals surface area contributed by atoms with E-state index in [9.17, 15) is 19.2 Å². The Morgan fingerprint density at radius 1 is 1.00 bits per heavy atom. The number of rotatable bonds is 4. The Bertz CT molecular complexity index is 1030. The second-order valence-electron chi connectivity index (χ2n) is 7.33. The fourth-order valence-corrected chi connectivity index (χ4v) is 3.88. The number of hydrogen-bond donors (Lipinski definition) is 0. The number of imide groups is 1. The molecule has 4 rings (SSSR count). The molecule has 2 aliphatic heterocycles. The van der Waals surface area contributed by atoms with Gasteiger partial charge in [-0.3, -0.25) is 24.1 Å². The van der Waals surface area contributed by atoms with Gasteiger partial charge in [0.2, 0.25) is 17.7 Å². The minimum atomic E-state index is -0.600. The first kappa shape index (κ1) is 20.1. The van der Waals surface area contributed by atoms with Gasteiger partial charge in [-0.1, -0.05) is 17.7 Å². The zero-order valence-electron chi connectivity index (χ0n) is 16.3. The van der Waals surface area contributed by atoms with E-state index in [0.717, 1.165) is 10.5 Å². The van der Waals surface area contributed by atoms with E-state index < -0.39 is 11.9 Å². The molecule has 0 aromatic heterocycles. The quantitative estimate of drug-likeness (QED) is 0.425. The summed E-state index contributed by atoms with van der Waals surface area (Å²) in [5.41, 5.74) is 1.91. The Hall–Kier alpha value is -3.19. The maximum atomic E-state index is 12.6. The van der Waals surface area contributed by atoms with Gasteiger partial charge in [-0.25, -0.2) is 0 Å². The van der Waals surface area contributed by atoms with E-state index in [1.54, 1.807) is 35.2 Å². The molecule has 30 heavy (non-hydrogen) atoms. The summed E-state index contributed by atoms with van der Waals surface area (Å²) in [6.45, 7) is 2.04. The van der Waals surface area contributed by atoms with Crippen LogP contribution in [0.3, 0.4) is 0 Å². The Balaban J connectivity index is 1.43. The van der Waals surface area contributed by atoms with Crippen molar-refractivity contribution in [1.82, 2.24) is 0 Å². The lowest BCUT2D eigenvalue weighted by atomic mass is 10.1. The number of nitrogens with zero attached hydrogens (tertiary/aromatic N) is 2. The first-order valence-corrected chi connectivity index (χ1v) is 9.96. The standard InChI is InChI=1S/C22H19ClN2O5/c1-13-17(23)3-2-4-18(13)24-12-14(11-21(24)28)22(29)30-16-7-5-15(6-8-16)25-19(26)9-10-20(25)27/h2-8,14H,9-12H2,1H3/t14-/m0/s1. The maximum Gasteiger partial charge on any atom is 0.316 e. The molecule has 2 saturated heterocycles. The highest BCUT2D eigenvalue weighted by molar-refractivity contribution is 6.31. The first-order valence-electron chi connectivity index (χ1n) is 9.58. The van der Waals surface area contributed by atoms with Crippen LogP contribution in [0.5, 0.6) is 5.75 Å². The summed E-state index contributed by atoms with van der Waals surface area (Å²) in [6, 6.07) is 11.5. The van der Waals surface area contributed by atoms with Crippen LogP contribution in [0, 0.1) is 12.8 Å². The average molecular weight is 427 g/mol. The van der Waals surface area contributed by atoms with Gasteiger partial charge >= 0.3 is 5.97 Å². The second-order valence-corrected chi connectivity index (χ2v) is 7.73. The summed E-state index contributed by atoms with van der Waals surface area (Å²) < 4.78 is 5.42. The van der Waals surface area contributed by atoms with Crippen molar-refractivity contribution in [3.8, 4) is 5.75 Å². The zero-order valence-corrected chi connectivity index (χ0v) is 17.0. The molecule has 154 valence electrons. The summed E-state index contributed by atoms with van der Waals surface area (Å²) >= 11 is 6.15.